The number of urea groups is 1. The summed E-state index contributed by atoms with van der Waals surface area (Å²) in [5, 5.41) is 3.07. The molecular weight excluding hydrogens is 254 g/mol. The zero-order chi connectivity index (χ0) is 14.4. The van der Waals surface area contributed by atoms with Gasteiger partial charge < -0.3 is 19.9 Å². The molecule has 0 radical (unpaired) electrons. The second kappa shape index (κ2) is 7.84. The molecule has 1 aliphatic heterocycles. The Kier molecular flexibility index (Phi) is 6.10. The van der Waals surface area contributed by atoms with Crippen molar-refractivity contribution in [2.24, 2.45) is 5.92 Å². The van der Waals surface area contributed by atoms with Gasteiger partial charge in [0, 0.05) is 45.9 Å². The Bertz CT molecular complexity index is 307. The van der Waals surface area contributed by atoms with Crippen molar-refractivity contribution < 1.29 is 9.53 Å². The van der Waals surface area contributed by atoms with Crippen molar-refractivity contribution in [3.05, 3.63) is 0 Å². The summed E-state index contributed by atoms with van der Waals surface area (Å²) in [4.78, 5) is 16.5. The third-order valence-corrected chi connectivity index (χ3v) is 4.38. The summed E-state index contributed by atoms with van der Waals surface area (Å²) in [5.74, 6) is 0.792. The molecule has 5 heteroatoms. The summed E-state index contributed by atoms with van der Waals surface area (Å²) < 4.78 is 5.04. The molecule has 116 valence electrons. The van der Waals surface area contributed by atoms with Crippen molar-refractivity contribution in [3.8, 4) is 0 Å². The van der Waals surface area contributed by atoms with Crippen LogP contribution in [0.1, 0.15) is 32.1 Å². The zero-order valence-corrected chi connectivity index (χ0v) is 12.9. The lowest BCUT2D eigenvalue weighted by atomic mass is 10.1. The van der Waals surface area contributed by atoms with Gasteiger partial charge in [0.25, 0.3) is 0 Å². The second-order valence-electron chi connectivity index (χ2n) is 6.12. The lowest BCUT2D eigenvalue weighted by Crippen LogP contribution is -2.45. The van der Waals surface area contributed by atoms with Gasteiger partial charge in [0.15, 0.2) is 0 Å². The first-order valence-corrected chi connectivity index (χ1v) is 7.94. The predicted molar refractivity (Wildman–Crippen MR) is 79.8 cm³/mol. The monoisotopic (exact) mass is 283 g/mol. The van der Waals surface area contributed by atoms with Crippen molar-refractivity contribution in [2.45, 2.75) is 38.1 Å². The molecule has 5 nitrogen and oxygen atoms in total. The molecule has 2 fully saturated rings. The number of carbonyl (C=O) groups excluding carboxylic acids is 1. The first kappa shape index (κ1) is 15.6. The number of hydrogen-bond acceptors (Lipinski definition) is 3. The van der Waals surface area contributed by atoms with Crippen molar-refractivity contribution in [3.63, 3.8) is 0 Å². The van der Waals surface area contributed by atoms with Crippen molar-refractivity contribution >= 4 is 6.03 Å². The van der Waals surface area contributed by atoms with Crippen LogP contribution in [0.15, 0.2) is 0 Å². The van der Waals surface area contributed by atoms with Crippen LogP contribution in [-0.4, -0.2) is 68.8 Å². The first-order valence-electron chi connectivity index (χ1n) is 7.94. The lowest BCUT2D eigenvalue weighted by Gasteiger charge is -2.25. The van der Waals surface area contributed by atoms with E-state index in [9.17, 15) is 4.79 Å². The fraction of sp³-hybridized carbons (Fsp3) is 0.933. The summed E-state index contributed by atoms with van der Waals surface area (Å²) in [7, 11) is 3.82. The van der Waals surface area contributed by atoms with Crippen LogP contribution >= 0.6 is 0 Å². The summed E-state index contributed by atoms with van der Waals surface area (Å²) in [6.07, 6.45) is 6.05. The van der Waals surface area contributed by atoms with E-state index in [1.54, 1.807) is 7.11 Å². The van der Waals surface area contributed by atoms with Gasteiger partial charge >= 0.3 is 6.03 Å². The third kappa shape index (κ3) is 4.63. The molecule has 2 amide bonds. The molecule has 0 spiro atoms. The fourth-order valence-corrected chi connectivity index (χ4v) is 3.06. The molecule has 1 saturated heterocycles. The van der Waals surface area contributed by atoms with Gasteiger partial charge in [-0.3, -0.25) is 0 Å². The Morgan fingerprint density at radius 3 is 2.85 bits per heavy atom. The quantitative estimate of drug-likeness (QED) is 0.687. The standard InChI is InChI=1S/C15H29N3O2/c1-17(9-4-12-20-2)11-8-16-15(19)18-10-3-5-14(18)13-6-7-13/h13-14H,3-12H2,1-2H3,(H,16,19). The zero-order valence-electron chi connectivity index (χ0n) is 12.9. The molecule has 1 atom stereocenters. The van der Waals surface area contributed by atoms with Crippen molar-refractivity contribution in [1.82, 2.24) is 15.1 Å². The molecule has 2 aliphatic rings. The van der Waals surface area contributed by atoms with Gasteiger partial charge in [-0.1, -0.05) is 0 Å². The van der Waals surface area contributed by atoms with E-state index < -0.39 is 0 Å². The Morgan fingerprint density at radius 1 is 1.35 bits per heavy atom. The van der Waals surface area contributed by atoms with Crippen LogP contribution in [0.3, 0.4) is 0 Å². The maximum Gasteiger partial charge on any atom is 0.317 e. The minimum absolute atomic E-state index is 0.143. The number of methoxy groups -OCH3 is 1. The van der Waals surface area contributed by atoms with Gasteiger partial charge in [-0.15, -0.1) is 0 Å². The minimum atomic E-state index is 0.143. The summed E-state index contributed by atoms with van der Waals surface area (Å²) in [5.41, 5.74) is 0. The molecule has 1 heterocycles. The number of ether oxygens (including phenoxy) is 1. The van der Waals surface area contributed by atoms with Gasteiger partial charge in [-0.05, 0) is 45.1 Å². The maximum atomic E-state index is 12.2. The van der Waals surface area contributed by atoms with E-state index in [-0.39, 0.29) is 6.03 Å². The molecule has 0 aromatic carbocycles. The molecule has 0 aromatic heterocycles. The molecule has 0 aromatic rings. The van der Waals surface area contributed by atoms with Gasteiger partial charge in [0.1, 0.15) is 0 Å². The fourth-order valence-electron chi connectivity index (χ4n) is 3.06. The van der Waals surface area contributed by atoms with Crippen LogP contribution in [0.2, 0.25) is 0 Å². The number of hydrogen-bond donors (Lipinski definition) is 1. The molecule has 1 N–H and O–H groups in total. The highest BCUT2D eigenvalue weighted by atomic mass is 16.5. The Balaban J connectivity index is 1.59. The van der Waals surface area contributed by atoms with Crippen LogP contribution in [0.25, 0.3) is 0 Å². The molecular formula is C15H29N3O2. The van der Waals surface area contributed by atoms with E-state index in [1.165, 1.54) is 25.7 Å². The van der Waals surface area contributed by atoms with Gasteiger partial charge in [0.2, 0.25) is 0 Å². The van der Waals surface area contributed by atoms with Gasteiger partial charge in [0.05, 0.1) is 0 Å². The second-order valence-corrected chi connectivity index (χ2v) is 6.12. The normalized spacial score (nSPS) is 22.6. The summed E-state index contributed by atoms with van der Waals surface area (Å²) >= 11 is 0. The Morgan fingerprint density at radius 2 is 2.15 bits per heavy atom. The molecule has 0 bridgehead atoms. The highest BCUT2D eigenvalue weighted by Gasteiger charge is 2.39. The SMILES string of the molecule is COCCCN(C)CCNC(=O)N1CCCC1C1CC1. The number of likely N-dealkylation sites (N-methyl/N-ethyl adjacent to an activating group) is 1. The Hall–Kier alpha value is -0.810. The van der Waals surface area contributed by atoms with E-state index in [4.69, 9.17) is 4.74 Å². The first-order chi connectivity index (χ1) is 9.72. The number of amides is 2. The van der Waals surface area contributed by atoms with Crippen LogP contribution in [0, 0.1) is 5.92 Å². The average molecular weight is 283 g/mol. The number of carbonyl (C=O) groups is 1. The maximum absolute atomic E-state index is 12.2. The van der Waals surface area contributed by atoms with Gasteiger partial charge in [-0.2, -0.15) is 0 Å². The highest BCUT2D eigenvalue weighted by Crippen LogP contribution is 2.39. The molecule has 20 heavy (non-hydrogen) atoms. The lowest BCUT2D eigenvalue weighted by molar-refractivity contribution is 0.176. The van der Waals surface area contributed by atoms with E-state index in [0.29, 0.717) is 6.04 Å². The molecule has 2 rings (SSSR count). The van der Waals surface area contributed by atoms with Crippen molar-refractivity contribution in [2.75, 3.05) is 46.9 Å². The number of rotatable bonds is 8. The third-order valence-electron chi connectivity index (χ3n) is 4.38. The topological polar surface area (TPSA) is 44.8 Å². The molecule has 1 aliphatic carbocycles. The van der Waals surface area contributed by atoms with Gasteiger partial charge in [-0.25, -0.2) is 4.79 Å². The van der Waals surface area contributed by atoms with Crippen LogP contribution < -0.4 is 5.32 Å². The average Bonchev–Trinajstić information content (AvgIpc) is 3.16. The van der Waals surface area contributed by atoms with E-state index >= 15 is 0 Å². The summed E-state index contributed by atoms with van der Waals surface area (Å²) in [6, 6.07) is 0.666. The Labute approximate surface area is 122 Å². The predicted octanol–water partition coefficient (Wildman–Crippen LogP) is 1.54. The molecule has 1 unspecified atom stereocenters. The number of nitrogens with zero attached hydrogens (tertiary/aromatic N) is 2. The van der Waals surface area contributed by atoms with E-state index in [0.717, 1.165) is 45.1 Å². The summed E-state index contributed by atoms with van der Waals surface area (Å²) in [6.45, 7) is 4.38. The number of likely N-dealkylation sites (tertiary alicyclic amines) is 1. The van der Waals surface area contributed by atoms with E-state index in [2.05, 4.69) is 22.2 Å². The number of nitrogens with one attached hydrogen (secondary N) is 1. The largest absolute Gasteiger partial charge is 0.385 e. The van der Waals surface area contributed by atoms with Crippen molar-refractivity contribution in [1.29, 1.82) is 0 Å². The van der Waals surface area contributed by atoms with Crippen LogP contribution in [0.4, 0.5) is 4.79 Å². The minimum Gasteiger partial charge on any atom is -0.385 e. The smallest absolute Gasteiger partial charge is 0.317 e. The highest BCUT2D eigenvalue weighted by molar-refractivity contribution is 5.74. The van der Waals surface area contributed by atoms with E-state index in [1.807, 2.05) is 0 Å². The van der Waals surface area contributed by atoms with Crippen LogP contribution in [0.5, 0.6) is 0 Å². The molecule has 1 saturated carbocycles. The van der Waals surface area contributed by atoms with Crippen LogP contribution in [-0.2, 0) is 4.74 Å².